The van der Waals surface area contributed by atoms with Crippen LogP contribution >= 0.6 is 0 Å². The molecule has 0 saturated carbocycles. The summed E-state index contributed by atoms with van der Waals surface area (Å²) in [5.74, 6) is 0. The van der Waals surface area contributed by atoms with Gasteiger partial charge in [0.25, 0.3) is 0 Å². The molecule has 0 aliphatic carbocycles. The molecule has 0 rings (SSSR count). The van der Waals surface area contributed by atoms with Gasteiger partial charge in [0.2, 0.25) is 0 Å². The van der Waals surface area contributed by atoms with Crippen LogP contribution in [0.25, 0.3) is 0 Å². The molecule has 0 radical (unpaired) electrons. The Morgan fingerprint density at radius 3 is 2.18 bits per heavy atom. The third-order valence-electron chi connectivity index (χ3n) is 1.59. The lowest BCUT2D eigenvalue weighted by atomic mass is 10.1. The predicted molar refractivity (Wildman–Crippen MR) is 38.4 cm³/mol. The topological polar surface area (TPSA) is 12.0 Å². The molecule has 0 bridgehead atoms. The number of halogens is 3. The van der Waals surface area contributed by atoms with Crippen LogP contribution in [0.15, 0.2) is 0 Å². The fourth-order valence-electron chi connectivity index (χ4n) is 0.880. The third kappa shape index (κ3) is 4.24. The van der Waals surface area contributed by atoms with Gasteiger partial charge in [0.1, 0.15) is 6.04 Å². The number of hydrogen-bond donors (Lipinski definition) is 1. The van der Waals surface area contributed by atoms with Crippen molar-refractivity contribution in [1.82, 2.24) is 5.32 Å². The fourth-order valence-corrected chi connectivity index (χ4v) is 0.880. The van der Waals surface area contributed by atoms with E-state index in [2.05, 4.69) is 5.32 Å². The summed E-state index contributed by atoms with van der Waals surface area (Å²) >= 11 is 0. The molecule has 4 heteroatoms. The highest BCUT2D eigenvalue weighted by Gasteiger charge is 2.37. The first kappa shape index (κ1) is 10.8. The highest BCUT2D eigenvalue weighted by Crippen LogP contribution is 2.23. The molecule has 0 aliphatic rings. The zero-order valence-electron chi connectivity index (χ0n) is 6.83. The van der Waals surface area contributed by atoms with Crippen LogP contribution in [-0.4, -0.2) is 19.3 Å². The Morgan fingerprint density at radius 1 is 1.36 bits per heavy atom. The molecular formula is C7H14F3N. The molecule has 0 unspecified atom stereocenters. The summed E-state index contributed by atoms with van der Waals surface area (Å²) in [5, 5.41) is 2.25. The van der Waals surface area contributed by atoms with E-state index in [0.29, 0.717) is 6.42 Å². The first-order chi connectivity index (χ1) is 5.02. The number of rotatable bonds is 4. The van der Waals surface area contributed by atoms with E-state index in [-0.39, 0.29) is 6.42 Å². The van der Waals surface area contributed by atoms with E-state index >= 15 is 0 Å². The highest BCUT2D eigenvalue weighted by atomic mass is 19.4. The summed E-state index contributed by atoms with van der Waals surface area (Å²) in [5.41, 5.74) is 0. The van der Waals surface area contributed by atoms with E-state index in [0.717, 1.165) is 6.42 Å². The van der Waals surface area contributed by atoms with Crippen molar-refractivity contribution < 1.29 is 13.2 Å². The summed E-state index contributed by atoms with van der Waals surface area (Å²) in [6.07, 6.45) is -2.50. The lowest BCUT2D eigenvalue weighted by molar-refractivity contribution is -0.156. The number of alkyl halides is 3. The van der Waals surface area contributed by atoms with E-state index in [1.165, 1.54) is 7.05 Å². The minimum atomic E-state index is -4.09. The standard InChI is InChI=1S/C7H14F3N/c1-3-4-5-6(11-2)7(8,9)10/h6,11H,3-5H2,1-2H3/t6-/m0/s1. The monoisotopic (exact) mass is 169 g/mol. The number of hydrogen-bond acceptors (Lipinski definition) is 1. The number of nitrogens with one attached hydrogen (secondary N) is 1. The summed E-state index contributed by atoms with van der Waals surface area (Å²) in [6, 6.07) is -1.33. The smallest absolute Gasteiger partial charge is 0.309 e. The van der Waals surface area contributed by atoms with Crippen molar-refractivity contribution in [3.63, 3.8) is 0 Å². The molecule has 0 amide bonds. The molecule has 1 atom stereocenters. The van der Waals surface area contributed by atoms with Crippen LogP contribution in [-0.2, 0) is 0 Å². The maximum absolute atomic E-state index is 12.0. The lowest BCUT2D eigenvalue weighted by Crippen LogP contribution is -2.39. The van der Waals surface area contributed by atoms with Crippen molar-refractivity contribution in [3.8, 4) is 0 Å². The van der Waals surface area contributed by atoms with Crippen LogP contribution in [0.5, 0.6) is 0 Å². The van der Waals surface area contributed by atoms with Gasteiger partial charge in [-0.2, -0.15) is 13.2 Å². The van der Waals surface area contributed by atoms with Crippen molar-refractivity contribution in [1.29, 1.82) is 0 Å². The predicted octanol–water partition coefficient (Wildman–Crippen LogP) is 2.33. The fraction of sp³-hybridized carbons (Fsp3) is 1.00. The SMILES string of the molecule is CCCC[C@H](NC)C(F)(F)F. The summed E-state index contributed by atoms with van der Waals surface area (Å²) in [7, 11) is 1.34. The molecule has 68 valence electrons. The molecule has 0 aromatic rings. The van der Waals surface area contributed by atoms with E-state index in [1.54, 1.807) is 0 Å². The Kier molecular flexibility index (Phi) is 4.49. The van der Waals surface area contributed by atoms with Crippen molar-refractivity contribution in [2.75, 3.05) is 7.05 Å². The van der Waals surface area contributed by atoms with Crippen molar-refractivity contribution in [2.24, 2.45) is 0 Å². The Labute approximate surface area is 65.0 Å². The minimum Gasteiger partial charge on any atom is -0.309 e. The zero-order valence-corrected chi connectivity index (χ0v) is 6.83. The Hall–Kier alpha value is -0.250. The van der Waals surface area contributed by atoms with Crippen LogP contribution in [0.2, 0.25) is 0 Å². The van der Waals surface area contributed by atoms with Gasteiger partial charge < -0.3 is 5.32 Å². The minimum absolute atomic E-state index is 0.177. The zero-order chi connectivity index (χ0) is 8.91. The van der Waals surface area contributed by atoms with Gasteiger partial charge in [0, 0.05) is 0 Å². The van der Waals surface area contributed by atoms with Gasteiger partial charge >= 0.3 is 6.18 Å². The average molecular weight is 169 g/mol. The molecular weight excluding hydrogens is 155 g/mol. The van der Waals surface area contributed by atoms with E-state index in [4.69, 9.17) is 0 Å². The molecule has 0 aromatic carbocycles. The van der Waals surface area contributed by atoms with Crippen molar-refractivity contribution >= 4 is 0 Å². The largest absolute Gasteiger partial charge is 0.403 e. The third-order valence-corrected chi connectivity index (χ3v) is 1.59. The van der Waals surface area contributed by atoms with Crippen LogP contribution in [0, 0.1) is 0 Å². The second-order valence-electron chi connectivity index (χ2n) is 2.53. The Balaban J connectivity index is 3.76. The molecule has 0 aromatic heterocycles. The van der Waals surface area contributed by atoms with Gasteiger partial charge in [0.05, 0.1) is 0 Å². The molecule has 11 heavy (non-hydrogen) atoms. The Bertz CT molecular complexity index is 100. The normalized spacial score (nSPS) is 15.0. The first-order valence-electron chi connectivity index (χ1n) is 3.76. The van der Waals surface area contributed by atoms with Gasteiger partial charge in [-0.3, -0.25) is 0 Å². The molecule has 0 saturated heterocycles. The Morgan fingerprint density at radius 2 is 1.91 bits per heavy atom. The molecule has 0 spiro atoms. The first-order valence-corrected chi connectivity index (χ1v) is 3.76. The average Bonchev–Trinajstić information content (AvgIpc) is 1.87. The lowest BCUT2D eigenvalue weighted by Gasteiger charge is -2.18. The van der Waals surface area contributed by atoms with Crippen LogP contribution in [0.1, 0.15) is 26.2 Å². The van der Waals surface area contributed by atoms with Gasteiger partial charge in [-0.25, -0.2) is 0 Å². The maximum Gasteiger partial charge on any atom is 0.403 e. The molecule has 1 nitrogen and oxygen atoms in total. The van der Waals surface area contributed by atoms with Crippen LogP contribution in [0.3, 0.4) is 0 Å². The molecule has 0 aliphatic heterocycles. The maximum atomic E-state index is 12.0. The van der Waals surface area contributed by atoms with Crippen molar-refractivity contribution in [2.45, 2.75) is 38.4 Å². The van der Waals surface area contributed by atoms with E-state index in [1.807, 2.05) is 6.92 Å². The quantitative estimate of drug-likeness (QED) is 0.681. The molecule has 1 N–H and O–H groups in total. The van der Waals surface area contributed by atoms with Crippen LogP contribution < -0.4 is 5.32 Å². The van der Waals surface area contributed by atoms with Crippen molar-refractivity contribution in [3.05, 3.63) is 0 Å². The second-order valence-corrected chi connectivity index (χ2v) is 2.53. The molecule has 0 heterocycles. The molecule has 0 fully saturated rings. The summed E-state index contributed by atoms with van der Waals surface area (Å²) < 4.78 is 35.9. The van der Waals surface area contributed by atoms with E-state index in [9.17, 15) is 13.2 Å². The van der Waals surface area contributed by atoms with Gasteiger partial charge in [-0.15, -0.1) is 0 Å². The van der Waals surface area contributed by atoms with Gasteiger partial charge in [-0.05, 0) is 13.5 Å². The summed E-state index contributed by atoms with van der Waals surface area (Å²) in [6.45, 7) is 1.88. The summed E-state index contributed by atoms with van der Waals surface area (Å²) in [4.78, 5) is 0. The number of unbranched alkanes of at least 4 members (excludes halogenated alkanes) is 1. The van der Waals surface area contributed by atoms with Crippen LogP contribution in [0.4, 0.5) is 13.2 Å². The van der Waals surface area contributed by atoms with Gasteiger partial charge in [0.15, 0.2) is 0 Å². The van der Waals surface area contributed by atoms with E-state index < -0.39 is 12.2 Å². The highest BCUT2D eigenvalue weighted by molar-refractivity contribution is 4.72. The second kappa shape index (κ2) is 4.59. The van der Waals surface area contributed by atoms with Gasteiger partial charge in [-0.1, -0.05) is 19.8 Å².